The van der Waals surface area contributed by atoms with Crippen molar-refractivity contribution in [3.05, 3.63) is 105 Å². The van der Waals surface area contributed by atoms with Gasteiger partial charge in [0.2, 0.25) is 5.91 Å². The summed E-state index contributed by atoms with van der Waals surface area (Å²) in [7, 11) is 0. The van der Waals surface area contributed by atoms with Crippen molar-refractivity contribution in [2.75, 3.05) is 10.2 Å². The predicted octanol–water partition coefficient (Wildman–Crippen LogP) is 6.20. The minimum atomic E-state index is -0.702. The van der Waals surface area contributed by atoms with E-state index in [9.17, 15) is 19.2 Å². The maximum Gasteiger partial charge on any atom is 0.269 e. The zero-order valence-electron chi connectivity index (χ0n) is 17.5. The van der Waals surface area contributed by atoms with E-state index >= 15 is 0 Å². The second-order valence-corrected chi connectivity index (χ2v) is 9.34. The van der Waals surface area contributed by atoms with Crippen molar-refractivity contribution >= 4 is 58.2 Å². The van der Waals surface area contributed by atoms with Crippen LogP contribution in [0.2, 0.25) is 10.0 Å². The van der Waals surface area contributed by atoms with Crippen molar-refractivity contribution in [2.24, 2.45) is 0 Å². The Balaban J connectivity index is 1.72. The highest BCUT2D eigenvalue weighted by molar-refractivity contribution is 8.05. The SMILES string of the molecule is N#CC(C(=O)Nc1ccc(F)cc1)=C1SC(Cc2cc(Cl)ccc2Cl)C(=O)N1c1ccccc1. The molecular weight excluding hydrogens is 496 g/mol. The number of carbonyl (C=O) groups excluding carboxylic acids is 2. The van der Waals surface area contributed by atoms with Crippen molar-refractivity contribution < 1.29 is 14.0 Å². The van der Waals surface area contributed by atoms with Gasteiger partial charge in [-0.3, -0.25) is 14.5 Å². The van der Waals surface area contributed by atoms with E-state index in [0.29, 0.717) is 27.0 Å². The third-order valence-corrected chi connectivity index (χ3v) is 6.90. The number of rotatable bonds is 5. The van der Waals surface area contributed by atoms with Gasteiger partial charge in [0.25, 0.3) is 5.91 Å². The zero-order valence-corrected chi connectivity index (χ0v) is 19.8. The summed E-state index contributed by atoms with van der Waals surface area (Å²) in [5, 5.41) is 13.0. The van der Waals surface area contributed by atoms with Crippen LogP contribution in [0.5, 0.6) is 0 Å². The second-order valence-electron chi connectivity index (χ2n) is 7.31. The highest BCUT2D eigenvalue weighted by atomic mass is 35.5. The molecule has 1 heterocycles. The zero-order chi connectivity index (χ0) is 24.2. The van der Waals surface area contributed by atoms with Gasteiger partial charge in [-0.25, -0.2) is 4.39 Å². The number of halogens is 3. The average Bonchev–Trinajstić information content (AvgIpc) is 3.14. The van der Waals surface area contributed by atoms with Crippen molar-refractivity contribution in [3.63, 3.8) is 0 Å². The van der Waals surface area contributed by atoms with E-state index in [2.05, 4.69) is 5.32 Å². The van der Waals surface area contributed by atoms with E-state index in [4.69, 9.17) is 23.2 Å². The molecule has 5 nitrogen and oxygen atoms in total. The van der Waals surface area contributed by atoms with Crippen LogP contribution in [0.1, 0.15) is 5.56 Å². The van der Waals surface area contributed by atoms with Crippen LogP contribution in [0, 0.1) is 17.1 Å². The molecule has 34 heavy (non-hydrogen) atoms. The highest BCUT2D eigenvalue weighted by Gasteiger charge is 2.41. The number of nitrogens with one attached hydrogen (secondary N) is 1. The molecule has 1 fully saturated rings. The fourth-order valence-corrected chi connectivity index (χ4v) is 5.11. The largest absolute Gasteiger partial charge is 0.321 e. The number of hydrogen-bond acceptors (Lipinski definition) is 4. The van der Waals surface area contributed by atoms with Crippen LogP contribution in [0.25, 0.3) is 0 Å². The van der Waals surface area contributed by atoms with Crippen LogP contribution in [-0.2, 0) is 16.0 Å². The minimum absolute atomic E-state index is 0.210. The summed E-state index contributed by atoms with van der Waals surface area (Å²) in [5.74, 6) is -1.44. The minimum Gasteiger partial charge on any atom is -0.321 e. The van der Waals surface area contributed by atoms with E-state index in [0.717, 1.165) is 11.8 Å². The Morgan fingerprint density at radius 3 is 2.47 bits per heavy atom. The van der Waals surface area contributed by atoms with Gasteiger partial charge in [0, 0.05) is 21.4 Å². The van der Waals surface area contributed by atoms with Crippen molar-refractivity contribution in [2.45, 2.75) is 11.7 Å². The van der Waals surface area contributed by atoms with Crippen molar-refractivity contribution in [3.8, 4) is 6.07 Å². The Labute approximate surface area is 209 Å². The molecule has 1 aliphatic heterocycles. The van der Waals surface area contributed by atoms with Crippen LogP contribution in [0.3, 0.4) is 0 Å². The lowest BCUT2D eigenvalue weighted by atomic mass is 10.1. The molecule has 170 valence electrons. The van der Waals surface area contributed by atoms with Gasteiger partial charge in [0.15, 0.2) is 0 Å². The lowest BCUT2D eigenvalue weighted by molar-refractivity contribution is -0.117. The summed E-state index contributed by atoms with van der Waals surface area (Å²) in [5.41, 5.74) is 1.30. The normalized spacial score (nSPS) is 16.8. The number of nitrogens with zero attached hydrogens (tertiary/aromatic N) is 2. The molecule has 1 N–H and O–H groups in total. The molecule has 0 saturated carbocycles. The average molecular weight is 512 g/mol. The molecular formula is C25H16Cl2FN3O2S. The van der Waals surface area contributed by atoms with E-state index < -0.39 is 17.0 Å². The molecule has 1 saturated heterocycles. The standard InChI is InChI=1S/C25H16Cl2FN3O2S/c26-16-6-11-21(27)15(12-16)13-22-24(33)31(19-4-2-1-3-5-19)25(34-22)20(14-29)23(32)30-18-9-7-17(28)8-10-18/h1-12,22H,13H2,(H,30,32). The molecule has 2 amide bonds. The van der Waals surface area contributed by atoms with Gasteiger partial charge in [-0.05, 0) is 66.6 Å². The molecule has 0 bridgehead atoms. The first kappa shape index (κ1) is 23.8. The van der Waals surface area contributed by atoms with Gasteiger partial charge in [0.05, 0.1) is 5.25 Å². The predicted molar refractivity (Wildman–Crippen MR) is 133 cm³/mol. The van der Waals surface area contributed by atoms with Crippen LogP contribution >= 0.6 is 35.0 Å². The topological polar surface area (TPSA) is 73.2 Å². The maximum atomic E-state index is 13.5. The summed E-state index contributed by atoms with van der Waals surface area (Å²) < 4.78 is 13.2. The molecule has 1 aliphatic rings. The summed E-state index contributed by atoms with van der Waals surface area (Å²) >= 11 is 13.5. The Morgan fingerprint density at radius 2 is 1.79 bits per heavy atom. The van der Waals surface area contributed by atoms with Gasteiger partial charge in [-0.15, -0.1) is 0 Å². The number of benzene rings is 3. The van der Waals surface area contributed by atoms with Gasteiger partial charge in [-0.2, -0.15) is 5.26 Å². The van der Waals surface area contributed by atoms with Gasteiger partial charge in [-0.1, -0.05) is 53.2 Å². The van der Waals surface area contributed by atoms with Crippen LogP contribution in [0.15, 0.2) is 83.4 Å². The number of amides is 2. The third-order valence-electron chi connectivity index (χ3n) is 5.04. The monoisotopic (exact) mass is 511 g/mol. The fourth-order valence-electron chi connectivity index (χ4n) is 3.43. The highest BCUT2D eigenvalue weighted by Crippen LogP contribution is 2.42. The van der Waals surface area contributed by atoms with E-state index in [1.165, 1.54) is 29.2 Å². The number of nitriles is 1. The first-order valence-electron chi connectivity index (χ1n) is 10.1. The van der Waals surface area contributed by atoms with E-state index in [-0.39, 0.29) is 22.9 Å². The summed E-state index contributed by atoms with van der Waals surface area (Å²) in [6.07, 6.45) is 0.258. The molecule has 0 spiro atoms. The Bertz CT molecular complexity index is 1320. The molecule has 1 atom stereocenters. The van der Waals surface area contributed by atoms with Crippen LogP contribution in [0.4, 0.5) is 15.8 Å². The van der Waals surface area contributed by atoms with Gasteiger partial charge >= 0.3 is 0 Å². The number of para-hydroxylation sites is 1. The van der Waals surface area contributed by atoms with E-state index in [1.54, 1.807) is 48.5 Å². The first-order chi connectivity index (χ1) is 16.4. The van der Waals surface area contributed by atoms with Crippen molar-refractivity contribution in [1.82, 2.24) is 0 Å². The van der Waals surface area contributed by atoms with Gasteiger partial charge in [0.1, 0.15) is 22.5 Å². The number of carbonyl (C=O) groups is 2. The first-order valence-corrected chi connectivity index (χ1v) is 11.7. The number of anilines is 2. The molecule has 0 aliphatic carbocycles. The number of thioether (sulfide) groups is 1. The van der Waals surface area contributed by atoms with E-state index in [1.807, 2.05) is 6.07 Å². The summed E-state index contributed by atoms with van der Waals surface area (Å²) in [6, 6.07) is 20.9. The van der Waals surface area contributed by atoms with Crippen LogP contribution < -0.4 is 10.2 Å². The fraction of sp³-hybridized carbons (Fsp3) is 0.0800. The lowest BCUT2D eigenvalue weighted by Crippen LogP contribution is -2.30. The Kier molecular flexibility index (Phi) is 7.23. The number of hydrogen-bond donors (Lipinski definition) is 1. The molecule has 0 radical (unpaired) electrons. The summed E-state index contributed by atoms with van der Waals surface area (Å²) in [4.78, 5) is 27.8. The lowest BCUT2D eigenvalue weighted by Gasteiger charge is -2.18. The van der Waals surface area contributed by atoms with Crippen LogP contribution in [-0.4, -0.2) is 17.1 Å². The maximum absolute atomic E-state index is 13.5. The smallest absolute Gasteiger partial charge is 0.269 e. The molecule has 0 aromatic heterocycles. The summed E-state index contributed by atoms with van der Waals surface area (Å²) in [6.45, 7) is 0. The third kappa shape index (κ3) is 5.10. The molecule has 4 rings (SSSR count). The molecule has 3 aromatic carbocycles. The molecule has 9 heteroatoms. The van der Waals surface area contributed by atoms with Crippen molar-refractivity contribution in [1.29, 1.82) is 5.26 Å². The quantitative estimate of drug-likeness (QED) is 0.327. The molecule has 3 aromatic rings. The molecule has 1 unspecified atom stereocenters. The second kappa shape index (κ2) is 10.3. The Hall–Kier alpha value is -3.31. The Morgan fingerprint density at radius 1 is 1.09 bits per heavy atom. The van der Waals surface area contributed by atoms with Gasteiger partial charge < -0.3 is 5.32 Å².